The van der Waals surface area contributed by atoms with Crippen LogP contribution in [0.2, 0.25) is 0 Å². The molecule has 0 aromatic carbocycles. The fourth-order valence-corrected chi connectivity index (χ4v) is 6.46. The van der Waals surface area contributed by atoms with Gasteiger partial charge < -0.3 is 0 Å². The average molecular weight is 339 g/mol. The van der Waals surface area contributed by atoms with Crippen molar-refractivity contribution in [2.45, 2.75) is 64.1 Å². The van der Waals surface area contributed by atoms with Crippen molar-refractivity contribution in [3.05, 3.63) is 11.6 Å². The molecule has 6 unspecified atom stereocenters. The molecule has 2 saturated carbocycles. The summed E-state index contributed by atoms with van der Waals surface area (Å²) in [6.07, 6.45) is 8.99. The number of hydrogen-bond donors (Lipinski definition) is 0. The highest BCUT2D eigenvalue weighted by Gasteiger charge is 2.51. The Labute approximate surface area is 131 Å². The van der Waals surface area contributed by atoms with Gasteiger partial charge in [-0.15, -0.1) is 0 Å². The smallest absolute Gasteiger partial charge is 0.155 e. The van der Waals surface area contributed by atoms with E-state index in [2.05, 4.69) is 36.7 Å². The van der Waals surface area contributed by atoms with Crippen molar-refractivity contribution < 1.29 is 4.79 Å². The summed E-state index contributed by atoms with van der Waals surface area (Å²) >= 11 is 3.98. The third kappa shape index (κ3) is 2.23. The summed E-state index contributed by atoms with van der Waals surface area (Å²) in [5.41, 5.74) is 1.97. The first-order valence-corrected chi connectivity index (χ1v) is 9.25. The standard InChI is InChI=1S/C18H27BrO/c1-4-18(3)8-7-15-14-6-5-13(20)9-12(14)10-16(19)17(15)11(18)2/h9,11,14-17H,4-8,10H2,1-3H3. The third-order valence-electron chi connectivity index (χ3n) is 6.92. The Morgan fingerprint density at radius 2 is 2.15 bits per heavy atom. The van der Waals surface area contributed by atoms with Crippen LogP contribution in [0, 0.1) is 29.1 Å². The zero-order valence-corrected chi connectivity index (χ0v) is 14.6. The quantitative estimate of drug-likeness (QED) is 0.605. The summed E-state index contributed by atoms with van der Waals surface area (Å²) in [5.74, 6) is 3.45. The number of halogens is 1. The van der Waals surface area contributed by atoms with Gasteiger partial charge in [0.15, 0.2) is 5.78 Å². The number of hydrogen-bond acceptors (Lipinski definition) is 1. The molecular formula is C18H27BrO. The van der Waals surface area contributed by atoms with Gasteiger partial charge in [0.05, 0.1) is 0 Å². The van der Waals surface area contributed by atoms with Crippen molar-refractivity contribution in [1.29, 1.82) is 0 Å². The second kappa shape index (κ2) is 5.26. The van der Waals surface area contributed by atoms with Gasteiger partial charge in [0.25, 0.3) is 0 Å². The molecule has 0 aromatic rings. The van der Waals surface area contributed by atoms with E-state index in [4.69, 9.17) is 0 Å². The molecule has 0 spiro atoms. The lowest BCUT2D eigenvalue weighted by atomic mass is 9.51. The zero-order valence-electron chi connectivity index (χ0n) is 13.0. The molecule has 0 aliphatic heterocycles. The molecule has 1 nitrogen and oxygen atoms in total. The summed E-state index contributed by atoms with van der Waals surface area (Å²) in [6.45, 7) is 7.33. The number of allylic oxidation sites excluding steroid dienone is 2. The lowest BCUT2D eigenvalue weighted by Gasteiger charge is -2.55. The molecule has 6 atom stereocenters. The predicted octanol–water partition coefficient (Wildman–Crippen LogP) is 5.14. The molecular weight excluding hydrogens is 312 g/mol. The molecule has 2 heteroatoms. The van der Waals surface area contributed by atoms with Gasteiger partial charge in [-0.2, -0.15) is 0 Å². The third-order valence-corrected chi connectivity index (χ3v) is 7.85. The molecule has 20 heavy (non-hydrogen) atoms. The van der Waals surface area contributed by atoms with E-state index in [1.165, 1.54) is 24.8 Å². The van der Waals surface area contributed by atoms with E-state index < -0.39 is 0 Å². The van der Waals surface area contributed by atoms with Crippen molar-refractivity contribution in [2.75, 3.05) is 0 Å². The molecule has 2 fully saturated rings. The van der Waals surface area contributed by atoms with Gasteiger partial charge in [0, 0.05) is 11.2 Å². The monoisotopic (exact) mass is 338 g/mol. The summed E-state index contributed by atoms with van der Waals surface area (Å²) < 4.78 is 0. The summed E-state index contributed by atoms with van der Waals surface area (Å²) in [6, 6.07) is 0. The summed E-state index contributed by atoms with van der Waals surface area (Å²) in [5, 5.41) is 0. The van der Waals surface area contributed by atoms with Crippen molar-refractivity contribution in [1.82, 2.24) is 0 Å². The van der Waals surface area contributed by atoms with Crippen LogP contribution in [0.25, 0.3) is 0 Å². The summed E-state index contributed by atoms with van der Waals surface area (Å²) in [7, 11) is 0. The first-order chi connectivity index (χ1) is 9.46. The molecule has 0 bridgehead atoms. The Balaban J connectivity index is 1.91. The van der Waals surface area contributed by atoms with Crippen LogP contribution < -0.4 is 0 Å². The van der Waals surface area contributed by atoms with E-state index in [1.807, 2.05) is 6.08 Å². The van der Waals surface area contributed by atoms with Crippen LogP contribution in [0.15, 0.2) is 11.6 Å². The number of alkyl halides is 1. The molecule has 0 saturated heterocycles. The molecule has 3 rings (SSSR count). The number of ketones is 1. The van der Waals surface area contributed by atoms with Gasteiger partial charge >= 0.3 is 0 Å². The maximum Gasteiger partial charge on any atom is 0.155 e. The topological polar surface area (TPSA) is 17.1 Å². The van der Waals surface area contributed by atoms with Crippen molar-refractivity contribution in [2.24, 2.45) is 29.1 Å². The Hall–Kier alpha value is -0.110. The van der Waals surface area contributed by atoms with E-state index in [9.17, 15) is 4.79 Å². The zero-order chi connectivity index (χ0) is 14.5. The van der Waals surface area contributed by atoms with Crippen LogP contribution in [0.3, 0.4) is 0 Å². The molecule has 0 radical (unpaired) electrons. The van der Waals surface area contributed by atoms with Gasteiger partial charge in [-0.05, 0) is 60.8 Å². The van der Waals surface area contributed by atoms with Gasteiger partial charge in [-0.3, -0.25) is 4.79 Å². The van der Waals surface area contributed by atoms with Crippen LogP contribution >= 0.6 is 15.9 Å². The van der Waals surface area contributed by atoms with Crippen molar-refractivity contribution >= 4 is 21.7 Å². The molecule has 112 valence electrons. The molecule has 0 heterocycles. The lowest BCUT2D eigenvalue weighted by molar-refractivity contribution is -0.116. The molecule has 0 amide bonds. The fraction of sp³-hybridized carbons (Fsp3) is 0.833. The van der Waals surface area contributed by atoms with E-state index in [1.54, 1.807) is 0 Å². The highest BCUT2D eigenvalue weighted by atomic mass is 79.9. The fourth-order valence-electron chi connectivity index (χ4n) is 5.23. The maximum absolute atomic E-state index is 11.7. The van der Waals surface area contributed by atoms with Crippen LogP contribution in [0.5, 0.6) is 0 Å². The minimum Gasteiger partial charge on any atom is -0.295 e. The Kier molecular flexibility index (Phi) is 3.90. The molecule has 0 N–H and O–H groups in total. The number of fused-ring (bicyclic) bond motifs is 3. The van der Waals surface area contributed by atoms with Gasteiger partial charge in [0.1, 0.15) is 0 Å². The van der Waals surface area contributed by atoms with E-state index in [-0.39, 0.29) is 0 Å². The minimum absolute atomic E-state index is 0.358. The molecule has 0 aromatic heterocycles. The lowest BCUT2D eigenvalue weighted by Crippen LogP contribution is -2.49. The van der Waals surface area contributed by atoms with E-state index >= 15 is 0 Å². The van der Waals surface area contributed by atoms with Gasteiger partial charge in [0.2, 0.25) is 0 Å². The largest absolute Gasteiger partial charge is 0.295 e. The predicted molar refractivity (Wildman–Crippen MR) is 86.9 cm³/mol. The Morgan fingerprint density at radius 3 is 2.85 bits per heavy atom. The highest BCUT2D eigenvalue weighted by molar-refractivity contribution is 9.09. The first kappa shape index (κ1) is 14.8. The van der Waals surface area contributed by atoms with Gasteiger partial charge in [-0.25, -0.2) is 0 Å². The van der Waals surface area contributed by atoms with Crippen molar-refractivity contribution in [3.63, 3.8) is 0 Å². The number of carbonyl (C=O) groups is 1. The van der Waals surface area contributed by atoms with Crippen LogP contribution in [-0.4, -0.2) is 10.6 Å². The SMILES string of the molecule is CCC1(C)CCC2C3CCC(=O)C=C3CC(Br)C2C1C. The first-order valence-electron chi connectivity index (χ1n) is 8.33. The average Bonchev–Trinajstić information content (AvgIpc) is 2.42. The Bertz CT molecular complexity index is 441. The Morgan fingerprint density at radius 1 is 1.40 bits per heavy atom. The van der Waals surface area contributed by atoms with Gasteiger partial charge in [-0.1, -0.05) is 48.7 Å². The van der Waals surface area contributed by atoms with Crippen LogP contribution in [0.1, 0.15) is 59.3 Å². The second-order valence-electron chi connectivity index (χ2n) is 7.63. The minimum atomic E-state index is 0.358. The van der Waals surface area contributed by atoms with Crippen molar-refractivity contribution in [3.8, 4) is 0 Å². The van der Waals surface area contributed by atoms with E-state index in [0.29, 0.717) is 21.9 Å². The molecule has 3 aliphatic rings. The maximum atomic E-state index is 11.7. The van der Waals surface area contributed by atoms with Crippen LogP contribution in [-0.2, 0) is 4.79 Å². The molecule has 3 aliphatic carbocycles. The normalized spacial score (nSPS) is 48.3. The number of rotatable bonds is 1. The van der Waals surface area contributed by atoms with Crippen LogP contribution in [0.4, 0.5) is 0 Å². The second-order valence-corrected chi connectivity index (χ2v) is 8.80. The highest BCUT2D eigenvalue weighted by Crippen LogP contribution is 2.58. The number of carbonyl (C=O) groups excluding carboxylic acids is 1. The summed E-state index contributed by atoms with van der Waals surface area (Å²) in [4.78, 5) is 12.3. The van der Waals surface area contributed by atoms with E-state index in [0.717, 1.165) is 37.0 Å².